The van der Waals surface area contributed by atoms with Gasteiger partial charge in [0.2, 0.25) is 0 Å². The topological polar surface area (TPSA) is 57.8 Å². The Morgan fingerprint density at radius 2 is 2.26 bits per heavy atom. The van der Waals surface area contributed by atoms with Crippen LogP contribution >= 0.6 is 11.3 Å². The lowest BCUT2D eigenvalue weighted by Gasteiger charge is -2.04. The highest BCUT2D eigenvalue weighted by molar-refractivity contribution is 7.08. The number of benzene rings is 1. The summed E-state index contributed by atoms with van der Waals surface area (Å²) in [6.45, 7) is 0. The maximum Gasteiger partial charge on any atom is 0.251 e. The van der Waals surface area contributed by atoms with Crippen molar-refractivity contribution in [2.24, 2.45) is 0 Å². The zero-order valence-corrected chi connectivity index (χ0v) is 13.0. The highest BCUT2D eigenvalue weighted by Gasteiger charge is 2.24. The number of fused-ring (bicyclic) bond motifs is 1. The summed E-state index contributed by atoms with van der Waals surface area (Å²) in [5, 5.41) is 14.3. The first kappa shape index (κ1) is 14.1. The smallest absolute Gasteiger partial charge is 0.251 e. The van der Waals surface area contributed by atoms with Crippen LogP contribution in [0.4, 0.5) is 4.39 Å². The van der Waals surface area contributed by atoms with Gasteiger partial charge in [0.05, 0.1) is 5.69 Å². The Labute approximate surface area is 136 Å². The van der Waals surface area contributed by atoms with Gasteiger partial charge in [0.25, 0.3) is 5.91 Å². The second kappa shape index (κ2) is 5.62. The third kappa shape index (κ3) is 2.90. The van der Waals surface area contributed by atoms with Gasteiger partial charge in [-0.15, -0.1) is 0 Å². The largest absolute Gasteiger partial charge is 0.349 e. The molecule has 4 rings (SSSR count). The van der Waals surface area contributed by atoms with Crippen LogP contribution in [0.25, 0.3) is 23.1 Å². The van der Waals surface area contributed by atoms with Crippen LogP contribution in [-0.4, -0.2) is 22.1 Å². The molecule has 116 valence electrons. The number of H-pyrrole nitrogens is 1. The van der Waals surface area contributed by atoms with Gasteiger partial charge >= 0.3 is 0 Å². The number of aromatic amines is 1. The molecule has 0 saturated heterocycles. The van der Waals surface area contributed by atoms with Gasteiger partial charge in [0, 0.05) is 17.0 Å². The number of nitrogens with zero attached hydrogens (tertiary/aromatic N) is 1. The molecule has 6 heteroatoms. The molecule has 1 amide bonds. The zero-order valence-electron chi connectivity index (χ0n) is 12.2. The summed E-state index contributed by atoms with van der Waals surface area (Å²) in [4.78, 5) is 12.1. The Morgan fingerprint density at radius 1 is 1.39 bits per heavy atom. The normalized spacial score (nSPS) is 14.7. The maximum absolute atomic E-state index is 14.2. The van der Waals surface area contributed by atoms with Crippen LogP contribution in [0.15, 0.2) is 29.0 Å². The van der Waals surface area contributed by atoms with E-state index in [4.69, 9.17) is 0 Å². The van der Waals surface area contributed by atoms with E-state index < -0.39 is 5.82 Å². The number of carbonyl (C=O) groups excluding carboxylic acids is 1. The lowest BCUT2D eigenvalue weighted by Crippen LogP contribution is -2.25. The molecule has 4 nitrogen and oxygen atoms in total. The average Bonchev–Trinajstić information content (AvgIpc) is 3.04. The summed E-state index contributed by atoms with van der Waals surface area (Å²) in [6, 6.07) is 5.17. The Kier molecular flexibility index (Phi) is 3.46. The van der Waals surface area contributed by atoms with E-state index in [2.05, 4.69) is 15.5 Å². The maximum atomic E-state index is 14.2. The molecular weight excluding hydrogens is 313 g/mol. The van der Waals surface area contributed by atoms with Crippen molar-refractivity contribution >= 4 is 40.3 Å². The number of amides is 1. The van der Waals surface area contributed by atoms with Crippen molar-refractivity contribution < 1.29 is 9.18 Å². The van der Waals surface area contributed by atoms with Crippen molar-refractivity contribution in [3.63, 3.8) is 0 Å². The Hall–Kier alpha value is -2.47. The first-order valence-electron chi connectivity index (χ1n) is 7.39. The van der Waals surface area contributed by atoms with E-state index in [1.165, 1.54) is 6.07 Å². The van der Waals surface area contributed by atoms with Gasteiger partial charge in [-0.25, -0.2) is 4.39 Å². The molecular formula is C17H14FN3OS. The van der Waals surface area contributed by atoms with Crippen molar-refractivity contribution in [1.82, 2.24) is 15.5 Å². The third-order valence-corrected chi connectivity index (χ3v) is 4.50. The van der Waals surface area contributed by atoms with E-state index in [0.717, 1.165) is 18.4 Å². The van der Waals surface area contributed by atoms with Crippen LogP contribution < -0.4 is 5.32 Å². The second-order valence-corrected chi connectivity index (χ2v) is 6.41. The molecule has 1 fully saturated rings. The predicted octanol–water partition coefficient (Wildman–Crippen LogP) is 3.83. The van der Waals surface area contributed by atoms with Crippen molar-refractivity contribution in [2.45, 2.75) is 18.9 Å². The summed E-state index contributed by atoms with van der Waals surface area (Å²) < 4.78 is 14.2. The summed E-state index contributed by atoms with van der Waals surface area (Å²) in [5.74, 6) is -0.725. The summed E-state index contributed by atoms with van der Waals surface area (Å²) >= 11 is 1.61. The molecule has 0 radical (unpaired) electrons. The number of halogens is 1. The first-order valence-corrected chi connectivity index (χ1v) is 8.34. The molecule has 0 atom stereocenters. The molecule has 3 aromatic rings. The summed E-state index contributed by atoms with van der Waals surface area (Å²) in [5.41, 5.74) is 2.33. The Balaban J connectivity index is 1.71. The number of nitrogens with one attached hydrogen (secondary N) is 2. The second-order valence-electron chi connectivity index (χ2n) is 5.63. The molecule has 1 aliphatic carbocycles. The van der Waals surface area contributed by atoms with Gasteiger partial charge in [-0.3, -0.25) is 9.89 Å². The van der Waals surface area contributed by atoms with Crippen LogP contribution in [0, 0.1) is 5.82 Å². The van der Waals surface area contributed by atoms with Crippen LogP contribution in [0.5, 0.6) is 0 Å². The summed E-state index contributed by atoms with van der Waals surface area (Å²) in [7, 11) is 0. The molecule has 1 saturated carbocycles. The van der Waals surface area contributed by atoms with Gasteiger partial charge in [0.15, 0.2) is 5.82 Å². The lowest BCUT2D eigenvalue weighted by molar-refractivity contribution is 0.0951. The van der Waals surface area contributed by atoms with Gasteiger partial charge < -0.3 is 5.32 Å². The fourth-order valence-corrected chi connectivity index (χ4v) is 3.03. The van der Waals surface area contributed by atoms with E-state index in [1.807, 2.05) is 29.0 Å². The number of thiophene rings is 1. The molecule has 2 heterocycles. The predicted molar refractivity (Wildman–Crippen MR) is 89.8 cm³/mol. The minimum atomic E-state index is -0.491. The fraction of sp³-hybridized carbons (Fsp3) is 0.176. The Morgan fingerprint density at radius 3 is 3.00 bits per heavy atom. The number of hydrogen-bond acceptors (Lipinski definition) is 3. The number of aromatic nitrogens is 2. The molecule has 2 aromatic heterocycles. The molecule has 2 N–H and O–H groups in total. The lowest BCUT2D eigenvalue weighted by atomic mass is 10.1. The zero-order chi connectivity index (χ0) is 15.8. The van der Waals surface area contributed by atoms with Crippen molar-refractivity contribution in [3.05, 3.63) is 51.6 Å². The molecule has 0 bridgehead atoms. The molecule has 0 spiro atoms. The first-order chi connectivity index (χ1) is 11.2. The Bertz CT molecular complexity index is 894. The van der Waals surface area contributed by atoms with E-state index in [9.17, 15) is 9.18 Å². The molecule has 23 heavy (non-hydrogen) atoms. The monoisotopic (exact) mass is 327 g/mol. The van der Waals surface area contributed by atoms with Crippen LogP contribution in [0.1, 0.15) is 34.5 Å². The van der Waals surface area contributed by atoms with E-state index in [0.29, 0.717) is 16.6 Å². The van der Waals surface area contributed by atoms with E-state index in [-0.39, 0.29) is 17.5 Å². The fourth-order valence-electron chi connectivity index (χ4n) is 2.40. The van der Waals surface area contributed by atoms with Crippen molar-refractivity contribution in [1.29, 1.82) is 0 Å². The molecule has 0 unspecified atom stereocenters. The number of rotatable bonds is 4. The standard InChI is InChI=1S/C17H14FN3OS/c18-14-8-11(17(22)19-12-2-3-12)7-13-15(20-21-16(13)14)4-1-10-5-6-23-9-10/h1,4-9,12H,2-3H2,(H,19,22)(H,20,21). The minimum Gasteiger partial charge on any atom is -0.349 e. The highest BCUT2D eigenvalue weighted by Crippen LogP contribution is 2.24. The molecule has 0 aliphatic heterocycles. The van der Waals surface area contributed by atoms with Gasteiger partial charge in [-0.2, -0.15) is 16.4 Å². The van der Waals surface area contributed by atoms with Gasteiger partial charge in [0.1, 0.15) is 5.52 Å². The van der Waals surface area contributed by atoms with Crippen molar-refractivity contribution in [2.75, 3.05) is 0 Å². The van der Waals surface area contributed by atoms with E-state index in [1.54, 1.807) is 17.4 Å². The molecule has 1 aromatic carbocycles. The van der Waals surface area contributed by atoms with Crippen LogP contribution in [0.3, 0.4) is 0 Å². The number of hydrogen-bond donors (Lipinski definition) is 2. The van der Waals surface area contributed by atoms with Crippen LogP contribution in [-0.2, 0) is 0 Å². The summed E-state index contributed by atoms with van der Waals surface area (Å²) in [6.07, 6.45) is 5.77. The third-order valence-electron chi connectivity index (χ3n) is 3.80. The van der Waals surface area contributed by atoms with Gasteiger partial charge in [-0.05, 0) is 53.4 Å². The molecule has 1 aliphatic rings. The van der Waals surface area contributed by atoms with Crippen molar-refractivity contribution in [3.8, 4) is 0 Å². The minimum absolute atomic E-state index is 0.234. The quantitative estimate of drug-likeness (QED) is 0.765. The van der Waals surface area contributed by atoms with E-state index >= 15 is 0 Å². The highest BCUT2D eigenvalue weighted by atomic mass is 32.1. The average molecular weight is 327 g/mol. The SMILES string of the molecule is O=C(NC1CC1)c1cc(F)c2n[nH]c(C=Cc3ccsc3)c2c1. The van der Waals surface area contributed by atoms with Gasteiger partial charge in [-0.1, -0.05) is 6.08 Å². The number of carbonyl (C=O) groups is 1. The van der Waals surface area contributed by atoms with Crippen LogP contribution in [0.2, 0.25) is 0 Å².